The molecular formula is C9H7N3. The maximum Gasteiger partial charge on any atom is 0.147 e. The van der Waals surface area contributed by atoms with Crippen molar-refractivity contribution in [1.29, 1.82) is 0 Å². The van der Waals surface area contributed by atoms with Crippen molar-refractivity contribution >= 4 is 17.2 Å². The molecule has 0 aliphatic carbocycles. The maximum absolute atomic E-state index is 4.21. The van der Waals surface area contributed by atoms with Gasteiger partial charge in [-0.1, -0.05) is 6.08 Å². The Balaban J connectivity index is 2.51. The van der Waals surface area contributed by atoms with E-state index in [2.05, 4.69) is 32.9 Å². The maximum atomic E-state index is 4.21. The van der Waals surface area contributed by atoms with Crippen molar-refractivity contribution in [3.05, 3.63) is 30.4 Å². The smallest absolute Gasteiger partial charge is 0.147 e. The summed E-state index contributed by atoms with van der Waals surface area (Å²) in [5, 5.41) is 1.12. The van der Waals surface area contributed by atoms with Crippen molar-refractivity contribution < 1.29 is 0 Å². The first-order valence-electron chi connectivity index (χ1n) is 3.91. The van der Waals surface area contributed by atoms with Gasteiger partial charge in [0.05, 0.1) is 0 Å². The summed E-state index contributed by atoms with van der Waals surface area (Å²) >= 11 is 0. The highest BCUT2D eigenvalue weighted by atomic mass is 15.1. The van der Waals surface area contributed by atoms with Gasteiger partial charge in [0.15, 0.2) is 0 Å². The fraction of sp³-hybridized carbons (Fsp3) is 0.111. The van der Waals surface area contributed by atoms with Gasteiger partial charge in [-0.15, -0.1) is 0 Å². The van der Waals surface area contributed by atoms with Gasteiger partial charge >= 0.3 is 0 Å². The highest BCUT2D eigenvalue weighted by Gasteiger charge is 2.09. The lowest BCUT2D eigenvalue weighted by atomic mass is 10.3. The molecular weight excluding hydrogens is 150 g/mol. The Labute approximate surface area is 69.4 Å². The normalized spacial score (nSPS) is 14.0. The van der Waals surface area contributed by atoms with E-state index in [1.165, 1.54) is 5.69 Å². The van der Waals surface area contributed by atoms with Gasteiger partial charge in [-0.3, -0.25) is 0 Å². The first kappa shape index (κ1) is 5.94. The number of fused-ring (bicyclic) bond motifs is 3. The molecule has 0 amide bonds. The Morgan fingerprint density at radius 2 is 2.42 bits per heavy atom. The first-order chi connectivity index (χ1) is 5.95. The van der Waals surface area contributed by atoms with Crippen LogP contribution in [0.15, 0.2) is 24.7 Å². The molecule has 58 valence electrons. The summed E-state index contributed by atoms with van der Waals surface area (Å²) in [4.78, 5) is 8.19. The van der Waals surface area contributed by atoms with Crippen molar-refractivity contribution in [1.82, 2.24) is 14.5 Å². The Hall–Kier alpha value is -1.64. The van der Waals surface area contributed by atoms with Crippen molar-refractivity contribution in [3.8, 4) is 0 Å². The monoisotopic (exact) mass is 157 g/mol. The molecule has 0 saturated heterocycles. The highest BCUT2D eigenvalue weighted by molar-refractivity contribution is 5.79. The lowest BCUT2D eigenvalue weighted by Crippen LogP contribution is -1.87. The first-order valence-corrected chi connectivity index (χ1v) is 3.91. The quantitative estimate of drug-likeness (QED) is 0.579. The zero-order chi connectivity index (χ0) is 7.97. The number of rotatable bonds is 0. The average molecular weight is 157 g/mol. The number of hydrogen-bond donors (Lipinski definition) is 0. The van der Waals surface area contributed by atoms with Gasteiger partial charge in [0, 0.05) is 29.9 Å². The summed E-state index contributed by atoms with van der Waals surface area (Å²) in [6.07, 6.45) is 8.64. The fourth-order valence-corrected chi connectivity index (χ4v) is 1.62. The lowest BCUT2D eigenvalue weighted by Gasteiger charge is -1.93. The minimum absolute atomic E-state index is 1.01. The molecule has 3 heterocycles. The molecule has 2 aromatic rings. The number of nitrogens with zero attached hydrogens (tertiary/aromatic N) is 3. The predicted octanol–water partition coefficient (Wildman–Crippen LogP) is 1.46. The second-order valence-corrected chi connectivity index (χ2v) is 2.90. The molecule has 3 rings (SSSR count). The third-order valence-electron chi connectivity index (χ3n) is 2.16. The van der Waals surface area contributed by atoms with Gasteiger partial charge in [0.2, 0.25) is 0 Å². The van der Waals surface area contributed by atoms with E-state index in [-0.39, 0.29) is 0 Å². The minimum Gasteiger partial charge on any atom is -0.305 e. The zero-order valence-corrected chi connectivity index (χ0v) is 6.44. The van der Waals surface area contributed by atoms with E-state index in [0.717, 1.165) is 17.5 Å². The molecule has 2 aromatic heterocycles. The van der Waals surface area contributed by atoms with Gasteiger partial charge in [0.1, 0.15) is 12.0 Å². The molecule has 0 saturated carbocycles. The van der Waals surface area contributed by atoms with Gasteiger partial charge in [-0.2, -0.15) is 0 Å². The molecule has 0 spiro atoms. The number of hydrogen-bond acceptors (Lipinski definition) is 2. The van der Waals surface area contributed by atoms with Crippen molar-refractivity contribution in [2.24, 2.45) is 0 Å². The molecule has 1 aliphatic heterocycles. The predicted molar refractivity (Wildman–Crippen MR) is 46.6 cm³/mol. The van der Waals surface area contributed by atoms with Crippen LogP contribution in [0.1, 0.15) is 5.69 Å². The second kappa shape index (κ2) is 1.94. The van der Waals surface area contributed by atoms with Crippen molar-refractivity contribution in [2.75, 3.05) is 0 Å². The van der Waals surface area contributed by atoms with Crippen molar-refractivity contribution in [2.45, 2.75) is 6.42 Å². The van der Waals surface area contributed by atoms with Crippen LogP contribution in [0.3, 0.4) is 0 Å². The molecule has 0 radical (unpaired) electrons. The van der Waals surface area contributed by atoms with Crippen LogP contribution in [-0.2, 0) is 6.42 Å². The molecule has 1 aliphatic rings. The lowest BCUT2D eigenvalue weighted by molar-refractivity contribution is 1.08. The third kappa shape index (κ3) is 0.605. The van der Waals surface area contributed by atoms with Crippen LogP contribution in [0.5, 0.6) is 0 Å². The summed E-state index contributed by atoms with van der Waals surface area (Å²) < 4.78 is 2.11. The zero-order valence-electron chi connectivity index (χ0n) is 6.44. The Bertz CT molecular complexity index is 468. The largest absolute Gasteiger partial charge is 0.305 e. The molecule has 3 heteroatoms. The SMILES string of the molecule is C1=Cn2c(cc3cncnc32)C1. The summed E-state index contributed by atoms with van der Waals surface area (Å²) in [7, 11) is 0. The molecule has 0 aromatic carbocycles. The Morgan fingerprint density at radius 3 is 3.42 bits per heavy atom. The highest BCUT2D eigenvalue weighted by Crippen LogP contribution is 2.21. The van der Waals surface area contributed by atoms with E-state index in [0.29, 0.717) is 0 Å². The van der Waals surface area contributed by atoms with Crippen molar-refractivity contribution in [3.63, 3.8) is 0 Å². The molecule has 0 atom stereocenters. The fourth-order valence-electron chi connectivity index (χ4n) is 1.62. The average Bonchev–Trinajstić information content (AvgIpc) is 2.62. The van der Waals surface area contributed by atoms with Crippen LogP contribution in [0.4, 0.5) is 0 Å². The summed E-state index contributed by atoms with van der Waals surface area (Å²) in [6, 6.07) is 2.13. The summed E-state index contributed by atoms with van der Waals surface area (Å²) in [5.74, 6) is 0. The second-order valence-electron chi connectivity index (χ2n) is 2.90. The molecule has 0 bridgehead atoms. The van der Waals surface area contributed by atoms with E-state index in [1.807, 2.05) is 6.20 Å². The van der Waals surface area contributed by atoms with E-state index in [1.54, 1.807) is 6.33 Å². The van der Waals surface area contributed by atoms with Crippen LogP contribution in [0.25, 0.3) is 17.2 Å². The molecule has 0 fully saturated rings. The van der Waals surface area contributed by atoms with Gasteiger partial charge in [-0.25, -0.2) is 9.97 Å². The van der Waals surface area contributed by atoms with Gasteiger partial charge in [-0.05, 0) is 6.07 Å². The van der Waals surface area contributed by atoms with Gasteiger partial charge < -0.3 is 4.57 Å². The molecule has 3 nitrogen and oxygen atoms in total. The summed E-state index contributed by atoms with van der Waals surface area (Å²) in [5.41, 5.74) is 2.30. The van der Waals surface area contributed by atoms with Crippen LogP contribution in [0.2, 0.25) is 0 Å². The number of allylic oxidation sites excluding steroid dienone is 1. The van der Waals surface area contributed by atoms with Crippen LogP contribution in [-0.4, -0.2) is 14.5 Å². The topological polar surface area (TPSA) is 30.7 Å². The minimum atomic E-state index is 1.01. The molecule has 12 heavy (non-hydrogen) atoms. The summed E-state index contributed by atoms with van der Waals surface area (Å²) in [6.45, 7) is 0. The Kier molecular flexibility index (Phi) is 0.961. The molecule has 0 unspecified atom stereocenters. The molecule has 0 N–H and O–H groups in total. The van der Waals surface area contributed by atoms with Crippen LogP contribution < -0.4 is 0 Å². The van der Waals surface area contributed by atoms with E-state index < -0.39 is 0 Å². The van der Waals surface area contributed by atoms with Crippen LogP contribution in [0, 0.1) is 0 Å². The van der Waals surface area contributed by atoms with E-state index in [9.17, 15) is 0 Å². The van der Waals surface area contributed by atoms with E-state index >= 15 is 0 Å². The van der Waals surface area contributed by atoms with Gasteiger partial charge in [0.25, 0.3) is 0 Å². The Morgan fingerprint density at radius 1 is 1.42 bits per heavy atom. The third-order valence-corrected chi connectivity index (χ3v) is 2.16. The number of aromatic nitrogens is 3. The van der Waals surface area contributed by atoms with Crippen LogP contribution >= 0.6 is 0 Å². The van der Waals surface area contributed by atoms with E-state index in [4.69, 9.17) is 0 Å². The standard InChI is InChI=1S/C9H7N3/c1-2-8-4-7-5-10-6-11-9(7)12(8)3-1/h1,3-6H,2H2.